The van der Waals surface area contributed by atoms with Gasteiger partial charge in [-0.3, -0.25) is 4.79 Å². The molecule has 1 unspecified atom stereocenters. The Morgan fingerprint density at radius 3 is 1.67 bits per heavy atom. The minimum atomic E-state index is -0.963. The molecule has 0 rings (SSSR count). The van der Waals surface area contributed by atoms with Crippen molar-refractivity contribution in [3.05, 3.63) is 0 Å². The fourth-order valence-electron chi connectivity index (χ4n) is 0. The van der Waals surface area contributed by atoms with E-state index in [1.54, 1.807) is 0 Å². The first-order chi connectivity index (χ1) is 3.64. The number of carbonyl (C=O) groups is 1. The molecule has 54 valence electrons. The van der Waals surface area contributed by atoms with Crippen LogP contribution in [0, 0.1) is 0 Å². The van der Waals surface area contributed by atoms with Gasteiger partial charge in [-0.1, -0.05) is 0 Å². The first-order valence-electron chi connectivity index (χ1n) is 2.07. The van der Waals surface area contributed by atoms with Crippen molar-refractivity contribution in [3.8, 4) is 0 Å². The van der Waals surface area contributed by atoms with Crippen LogP contribution in [0.15, 0.2) is 0 Å². The SMILES string of the molecule is CC(N)C(=O)O.CO.[CaH2]. The van der Waals surface area contributed by atoms with E-state index in [4.69, 9.17) is 15.9 Å². The molecule has 0 aliphatic rings. The molecule has 1 atom stereocenters. The summed E-state index contributed by atoms with van der Waals surface area (Å²) in [7, 11) is 1.00. The second-order valence-electron chi connectivity index (χ2n) is 1.13. The third kappa shape index (κ3) is 17.7. The first-order valence-corrected chi connectivity index (χ1v) is 2.07. The summed E-state index contributed by atoms with van der Waals surface area (Å²) >= 11 is 0. The van der Waals surface area contributed by atoms with Gasteiger partial charge in [0.1, 0.15) is 6.04 Å². The van der Waals surface area contributed by atoms with Gasteiger partial charge in [-0.2, -0.15) is 0 Å². The molecule has 0 radical (unpaired) electrons. The number of hydrogen-bond acceptors (Lipinski definition) is 3. The van der Waals surface area contributed by atoms with Crippen LogP contribution in [0.3, 0.4) is 0 Å². The Morgan fingerprint density at radius 2 is 1.67 bits per heavy atom. The zero-order valence-electron chi connectivity index (χ0n) is 4.96. The molecule has 9 heavy (non-hydrogen) atoms. The number of carboxylic acid groups (broad SMARTS) is 1. The molecule has 4 nitrogen and oxygen atoms in total. The van der Waals surface area contributed by atoms with Crippen LogP contribution < -0.4 is 5.73 Å². The number of aliphatic hydroxyl groups is 1. The molecular formula is C4H13CaNO3. The van der Waals surface area contributed by atoms with Gasteiger partial charge in [0.2, 0.25) is 0 Å². The molecule has 0 saturated carbocycles. The molecule has 0 aliphatic carbocycles. The summed E-state index contributed by atoms with van der Waals surface area (Å²) < 4.78 is 0. The molecule has 0 aliphatic heterocycles. The van der Waals surface area contributed by atoms with Crippen molar-refractivity contribution in [2.75, 3.05) is 7.11 Å². The summed E-state index contributed by atoms with van der Waals surface area (Å²) in [5.41, 5.74) is 4.84. The Morgan fingerprint density at radius 1 is 1.56 bits per heavy atom. The van der Waals surface area contributed by atoms with Crippen molar-refractivity contribution in [1.82, 2.24) is 0 Å². The molecule has 0 heterocycles. The van der Waals surface area contributed by atoms with Crippen molar-refractivity contribution >= 4 is 43.7 Å². The topological polar surface area (TPSA) is 83.6 Å². The van der Waals surface area contributed by atoms with E-state index in [2.05, 4.69) is 0 Å². The number of aliphatic carboxylic acids is 1. The normalized spacial score (nSPS) is 9.78. The van der Waals surface area contributed by atoms with Crippen LogP contribution in [0.25, 0.3) is 0 Å². The Kier molecular flexibility index (Phi) is 20.8. The molecular weight excluding hydrogens is 150 g/mol. The van der Waals surface area contributed by atoms with Crippen LogP contribution in [0.5, 0.6) is 0 Å². The second-order valence-corrected chi connectivity index (χ2v) is 1.13. The van der Waals surface area contributed by atoms with Crippen LogP contribution in [0.4, 0.5) is 0 Å². The van der Waals surface area contributed by atoms with Gasteiger partial charge in [0.25, 0.3) is 0 Å². The average molecular weight is 163 g/mol. The van der Waals surface area contributed by atoms with Gasteiger partial charge in [-0.25, -0.2) is 0 Å². The van der Waals surface area contributed by atoms with Gasteiger partial charge < -0.3 is 15.9 Å². The van der Waals surface area contributed by atoms with Crippen molar-refractivity contribution in [2.24, 2.45) is 5.73 Å². The number of carboxylic acids is 1. The number of rotatable bonds is 1. The third-order valence-corrected chi connectivity index (χ3v) is 0.390. The van der Waals surface area contributed by atoms with Crippen molar-refractivity contribution in [3.63, 3.8) is 0 Å². The van der Waals surface area contributed by atoms with E-state index in [1.807, 2.05) is 0 Å². The van der Waals surface area contributed by atoms with Crippen LogP contribution in [-0.2, 0) is 4.79 Å². The van der Waals surface area contributed by atoms with E-state index in [0.717, 1.165) is 7.11 Å². The zero-order valence-corrected chi connectivity index (χ0v) is 4.96. The Bertz CT molecular complexity index is 66.8. The van der Waals surface area contributed by atoms with Crippen molar-refractivity contribution < 1.29 is 15.0 Å². The summed E-state index contributed by atoms with van der Waals surface area (Å²) in [6.45, 7) is 1.42. The average Bonchev–Trinajstić information content (AvgIpc) is 1.72. The molecule has 0 aromatic heterocycles. The molecule has 0 amide bonds. The molecule has 4 N–H and O–H groups in total. The fourth-order valence-corrected chi connectivity index (χ4v) is 0. The summed E-state index contributed by atoms with van der Waals surface area (Å²) in [5, 5.41) is 14.9. The van der Waals surface area contributed by atoms with Gasteiger partial charge in [0.05, 0.1) is 0 Å². The number of hydrogen-bond donors (Lipinski definition) is 3. The molecule has 0 fully saturated rings. The monoisotopic (exact) mass is 163 g/mol. The zero-order chi connectivity index (χ0) is 7.15. The van der Waals surface area contributed by atoms with Gasteiger partial charge in [0.15, 0.2) is 0 Å². The summed E-state index contributed by atoms with van der Waals surface area (Å²) in [5.74, 6) is -0.963. The molecule has 0 aromatic rings. The fraction of sp³-hybridized carbons (Fsp3) is 0.750. The maximum absolute atomic E-state index is 9.57. The number of aliphatic hydroxyl groups excluding tert-OH is 1. The van der Waals surface area contributed by atoms with Crippen molar-refractivity contribution in [2.45, 2.75) is 13.0 Å². The molecule has 0 bridgehead atoms. The predicted molar refractivity (Wildman–Crippen MR) is 38.0 cm³/mol. The Labute approximate surface area is 84.0 Å². The van der Waals surface area contributed by atoms with E-state index in [9.17, 15) is 4.79 Å². The van der Waals surface area contributed by atoms with E-state index < -0.39 is 12.0 Å². The van der Waals surface area contributed by atoms with Crippen LogP contribution in [0.2, 0.25) is 0 Å². The van der Waals surface area contributed by atoms with Crippen LogP contribution in [-0.4, -0.2) is 67.1 Å². The summed E-state index contributed by atoms with van der Waals surface area (Å²) in [4.78, 5) is 9.57. The minimum absolute atomic E-state index is 0. The molecule has 0 spiro atoms. The third-order valence-electron chi connectivity index (χ3n) is 0.390. The second kappa shape index (κ2) is 11.4. The maximum atomic E-state index is 9.57. The van der Waals surface area contributed by atoms with Gasteiger partial charge in [-0.15, -0.1) is 0 Å². The molecule has 0 saturated heterocycles. The Hall–Kier alpha value is 0.650. The standard InChI is InChI=1S/C3H7NO2.CH4O.Ca.2H/c1-2(4)3(5)6;1-2;;;/h2H,4H2,1H3,(H,5,6);2H,1H3;;;. The Balaban J connectivity index is -0.000000109. The number of nitrogens with two attached hydrogens (primary N) is 1. The molecule has 5 heteroatoms. The van der Waals surface area contributed by atoms with Crippen molar-refractivity contribution in [1.29, 1.82) is 0 Å². The van der Waals surface area contributed by atoms with Crippen LogP contribution in [0.1, 0.15) is 6.92 Å². The van der Waals surface area contributed by atoms with Gasteiger partial charge in [0, 0.05) is 7.11 Å². The van der Waals surface area contributed by atoms with Gasteiger partial charge in [-0.05, 0) is 6.92 Å². The predicted octanol–water partition coefficient (Wildman–Crippen LogP) is -1.89. The first kappa shape index (κ1) is 16.3. The van der Waals surface area contributed by atoms with Gasteiger partial charge >= 0.3 is 43.7 Å². The quantitative estimate of drug-likeness (QED) is 0.395. The molecule has 0 aromatic carbocycles. The van der Waals surface area contributed by atoms with Crippen LogP contribution >= 0.6 is 0 Å². The summed E-state index contributed by atoms with van der Waals surface area (Å²) in [6.07, 6.45) is 0. The summed E-state index contributed by atoms with van der Waals surface area (Å²) in [6, 6.07) is -0.731. The van der Waals surface area contributed by atoms with E-state index in [0.29, 0.717) is 0 Å². The van der Waals surface area contributed by atoms with E-state index in [-0.39, 0.29) is 37.7 Å². The van der Waals surface area contributed by atoms with E-state index >= 15 is 0 Å². The van der Waals surface area contributed by atoms with E-state index in [1.165, 1.54) is 6.92 Å².